The van der Waals surface area contributed by atoms with E-state index in [4.69, 9.17) is 13.9 Å². The lowest BCUT2D eigenvalue weighted by Crippen LogP contribution is -2.29. The van der Waals surface area contributed by atoms with Crippen molar-refractivity contribution in [2.24, 2.45) is 0 Å². The molecule has 0 saturated heterocycles. The minimum Gasteiger partial charge on any atom is -0.454 e. The lowest BCUT2D eigenvalue weighted by molar-refractivity contribution is 0.0714. The Morgan fingerprint density at radius 2 is 1.64 bits per heavy atom. The second kappa shape index (κ2) is 8.26. The van der Waals surface area contributed by atoms with Crippen LogP contribution >= 0.6 is 0 Å². The van der Waals surface area contributed by atoms with Crippen LogP contribution in [0.4, 0.5) is 0 Å². The summed E-state index contributed by atoms with van der Waals surface area (Å²) in [6.45, 7) is 8.70. The van der Waals surface area contributed by atoms with E-state index >= 15 is 0 Å². The molecule has 0 radical (unpaired) electrons. The van der Waals surface area contributed by atoms with Crippen molar-refractivity contribution < 1.29 is 18.7 Å². The highest BCUT2D eigenvalue weighted by molar-refractivity contribution is 5.99. The van der Waals surface area contributed by atoms with Crippen LogP contribution in [0.2, 0.25) is 0 Å². The number of carbonyl (C=O) groups is 1. The van der Waals surface area contributed by atoms with E-state index < -0.39 is 6.04 Å². The molecule has 1 atom stereocenters. The van der Waals surface area contributed by atoms with Crippen LogP contribution in [0.5, 0.6) is 11.5 Å². The van der Waals surface area contributed by atoms with E-state index in [1.165, 1.54) is 5.56 Å². The fourth-order valence-corrected chi connectivity index (χ4v) is 5.08. The van der Waals surface area contributed by atoms with E-state index in [0.717, 1.165) is 22.3 Å². The maximum Gasteiger partial charge on any atom is 0.291 e. The summed E-state index contributed by atoms with van der Waals surface area (Å²) in [4.78, 5) is 29.4. The van der Waals surface area contributed by atoms with Gasteiger partial charge in [-0.3, -0.25) is 9.59 Å². The summed E-state index contributed by atoms with van der Waals surface area (Å²) in [5.41, 5.74) is 5.65. The van der Waals surface area contributed by atoms with E-state index in [9.17, 15) is 9.59 Å². The summed E-state index contributed by atoms with van der Waals surface area (Å²) in [6.07, 6.45) is 0. The SMILES string of the molecule is Cc1cc2oc3c(c(=O)c2cc1C)C(c1ccc(C(C)C)cc1)N(Cc1ccc2c(c1)OCO2)C3=O. The maximum absolute atomic E-state index is 13.9. The van der Waals surface area contributed by atoms with Gasteiger partial charge in [0.1, 0.15) is 5.58 Å². The summed E-state index contributed by atoms with van der Waals surface area (Å²) in [5.74, 6) is 1.54. The number of amides is 1. The van der Waals surface area contributed by atoms with Crippen LogP contribution in [0.1, 0.15) is 69.7 Å². The van der Waals surface area contributed by atoms with Gasteiger partial charge in [-0.1, -0.05) is 44.2 Å². The highest BCUT2D eigenvalue weighted by Gasteiger charge is 2.43. The zero-order chi connectivity index (χ0) is 25.1. The largest absolute Gasteiger partial charge is 0.454 e. The van der Waals surface area contributed by atoms with Crippen molar-refractivity contribution in [2.45, 2.75) is 46.2 Å². The Kier molecular flexibility index (Phi) is 5.14. The smallest absolute Gasteiger partial charge is 0.291 e. The minimum atomic E-state index is -0.554. The average molecular weight is 482 g/mol. The molecular formula is C30H27NO5. The highest BCUT2D eigenvalue weighted by atomic mass is 16.7. The second-order valence-corrected chi connectivity index (χ2v) is 9.95. The molecule has 3 aromatic carbocycles. The molecule has 0 aliphatic carbocycles. The molecule has 0 N–H and O–H groups in total. The number of fused-ring (bicyclic) bond motifs is 3. The van der Waals surface area contributed by atoms with Gasteiger partial charge in [0.15, 0.2) is 16.9 Å². The monoisotopic (exact) mass is 481 g/mol. The van der Waals surface area contributed by atoms with Crippen LogP contribution in [0.25, 0.3) is 11.0 Å². The van der Waals surface area contributed by atoms with Crippen LogP contribution in [0, 0.1) is 13.8 Å². The molecule has 36 heavy (non-hydrogen) atoms. The van der Waals surface area contributed by atoms with E-state index in [0.29, 0.717) is 40.5 Å². The van der Waals surface area contributed by atoms with Crippen LogP contribution in [-0.4, -0.2) is 17.6 Å². The van der Waals surface area contributed by atoms with Gasteiger partial charge in [0, 0.05) is 6.54 Å². The molecule has 6 rings (SSSR count). The fourth-order valence-electron chi connectivity index (χ4n) is 5.08. The Bertz CT molecular complexity index is 1580. The zero-order valence-corrected chi connectivity index (χ0v) is 20.8. The molecule has 2 aliphatic rings. The van der Waals surface area contributed by atoms with Crippen LogP contribution in [0.15, 0.2) is 63.8 Å². The summed E-state index contributed by atoms with van der Waals surface area (Å²) < 4.78 is 17.1. The molecule has 3 heterocycles. The zero-order valence-electron chi connectivity index (χ0n) is 20.8. The molecule has 0 bridgehead atoms. The van der Waals surface area contributed by atoms with Crippen molar-refractivity contribution in [3.63, 3.8) is 0 Å². The third kappa shape index (κ3) is 3.48. The van der Waals surface area contributed by atoms with Gasteiger partial charge in [-0.2, -0.15) is 0 Å². The van der Waals surface area contributed by atoms with Crippen molar-refractivity contribution in [2.75, 3.05) is 6.79 Å². The molecular weight excluding hydrogens is 454 g/mol. The van der Waals surface area contributed by atoms with Crippen LogP contribution < -0.4 is 14.9 Å². The van der Waals surface area contributed by atoms with Crippen molar-refractivity contribution in [3.8, 4) is 11.5 Å². The first kappa shape index (κ1) is 22.4. The molecule has 1 unspecified atom stereocenters. The second-order valence-electron chi connectivity index (χ2n) is 9.95. The quantitative estimate of drug-likeness (QED) is 0.357. The third-order valence-corrected chi connectivity index (χ3v) is 7.29. The van der Waals surface area contributed by atoms with Gasteiger partial charge in [-0.25, -0.2) is 0 Å². The van der Waals surface area contributed by atoms with Gasteiger partial charge in [0.05, 0.1) is 17.0 Å². The topological polar surface area (TPSA) is 69.0 Å². The molecule has 0 fully saturated rings. The number of hydrogen-bond acceptors (Lipinski definition) is 5. The van der Waals surface area contributed by atoms with Crippen molar-refractivity contribution >= 4 is 16.9 Å². The van der Waals surface area contributed by atoms with Crippen molar-refractivity contribution in [3.05, 3.63) is 104 Å². The lowest BCUT2D eigenvalue weighted by Gasteiger charge is -2.25. The Morgan fingerprint density at radius 3 is 2.39 bits per heavy atom. The predicted octanol–water partition coefficient (Wildman–Crippen LogP) is 6.01. The predicted molar refractivity (Wildman–Crippen MR) is 137 cm³/mol. The van der Waals surface area contributed by atoms with E-state index in [1.807, 2.05) is 56.3 Å². The molecule has 182 valence electrons. The highest BCUT2D eigenvalue weighted by Crippen LogP contribution is 2.41. The molecule has 2 aliphatic heterocycles. The first-order valence-electron chi connectivity index (χ1n) is 12.2. The van der Waals surface area contributed by atoms with Gasteiger partial charge in [0.25, 0.3) is 5.91 Å². The van der Waals surface area contributed by atoms with Crippen LogP contribution in [-0.2, 0) is 6.54 Å². The van der Waals surface area contributed by atoms with E-state index in [-0.39, 0.29) is 23.9 Å². The van der Waals surface area contributed by atoms with E-state index in [2.05, 4.69) is 26.0 Å². The molecule has 1 amide bonds. The van der Waals surface area contributed by atoms with Crippen molar-refractivity contribution in [1.29, 1.82) is 0 Å². The molecule has 6 heteroatoms. The number of benzene rings is 3. The molecule has 1 aromatic heterocycles. The standard InChI is InChI=1S/C30H27NO5/c1-16(2)20-6-8-21(9-7-20)27-26-28(32)22-11-17(3)18(4)12-24(22)36-29(26)30(33)31(27)14-19-5-10-23-25(13-19)35-15-34-23/h5-13,16,27H,14-15H2,1-4H3. The molecule has 0 spiro atoms. The number of hydrogen-bond donors (Lipinski definition) is 0. The molecule has 6 nitrogen and oxygen atoms in total. The van der Waals surface area contributed by atoms with Gasteiger partial charge in [-0.05, 0) is 71.8 Å². The lowest BCUT2D eigenvalue weighted by atomic mass is 9.94. The third-order valence-electron chi connectivity index (χ3n) is 7.29. The first-order valence-corrected chi connectivity index (χ1v) is 12.2. The number of nitrogens with zero attached hydrogens (tertiary/aromatic N) is 1. The van der Waals surface area contributed by atoms with Gasteiger partial charge < -0.3 is 18.8 Å². The van der Waals surface area contributed by atoms with Crippen molar-refractivity contribution in [1.82, 2.24) is 4.90 Å². The summed E-state index contributed by atoms with van der Waals surface area (Å²) in [5, 5.41) is 0.499. The molecule has 4 aromatic rings. The molecule has 0 saturated carbocycles. The first-order chi connectivity index (χ1) is 17.3. The number of rotatable bonds is 4. The van der Waals surface area contributed by atoms with Crippen LogP contribution in [0.3, 0.4) is 0 Å². The van der Waals surface area contributed by atoms with Gasteiger partial charge in [-0.15, -0.1) is 0 Å². The average Bonchev–Trinajstić information content (AvgIpc) is 3.43. The Balaban J connectivity index is 1.52. The Hall–Kier alpha value is -4.06. The van der Waals surface area contributed by atoms with Gasteiger partial charge >= 0.3 is 0 Å². The minimum absolute atomic E-state index is 0.120. The summed E-state index contributed by atoms with van der Waals surface area (Å²) in [7, 11) is 0. The fraction of sp³-hybridized carbons (Fsp3) is 0.267. The maximum atomic E-state index is 13.9. The number of aryl methyl sites for hydroxylation is 2. The number of ether oxygens (including phenoxy) is 2. The number of carbonyl (C=O) groups excluding carboxylic acids is 1. The van der Waals surface area contributed by atoms with Gasteiger partial charge in [0.2, 0.25) is 12.6 Å². The normalized spacial score (nSPS) is 16.3. The Labute approximate surface area is 209 Å². The summed E-state index contributed by atoms with van der Waals surface area (Å²) >= 11 is 0. The Morgan fingerprint density at radius 1 is 0.917 bits per heavy atom. The summed E-state index contributed by atoms with van der Waals surface area (Å²) in [6, 6.07) is 17.0. The van der Waals surface area contributed by atoms with E-state index in [1.54, 1.807) is 4.90 Å².